The van der Waals surface area contributed by atoms with Crippen LogP contribution < -0.4 is 15.8 Å². The first-order valence-electron chi connectivity index (χ1n) is 13.7. The first kappa shape index (κ1) is 24.5. The van der Waals surface area contributed by atoms with E-state index in [1.807, 2.05) is 19.9 Å². The third-order valence-corrected chi connectivity index (χ3v) is 8.09. The number of aryl methyl sites for hydroxylation is 1. The van der Waals surface area contributed by atoms with Crippen molar-refractivity contribution in [2.45, 2.75) is 70.6 Å². The molecule has 3 heterocycles. The number of carbonyl (C=O) groups is 1. The van der Waals surface area contributed by atoms with E-state index in [1.165, 1.54) is 11.1 Å². The molecular formula is C31H35N5O2. The van der Waals surface area contributed by atoms with Crippen LogP contribution in [-0.4, -0.2) is 26.5 Å². The minimum atomic E-state index is 0.00641. The molecule has 2 aliphatic rings. The van der Waals surface area contributed by atoms with Crippen molar-refractivity contribution in [2.75, 3.05) is 5.73 Å². The maximum atomic E-state index is 12.2. The number of nitrogens with two attached hydrogens (primary N) is 1. The highest BCUT2D eigenvalue weighted by Crippen LogP contribution is 2.42. The number of rotatable bonds is 5. The zero-order valence-electron chi connectivity index (χ0n) is 22.1. The summed E-state index contributed by atoms with van der Waals surface area (Å²) in [5.74, 6) is 1.56. The molecule has 1 aliphatic heterocycles. The maximum Gasteiger partial charge on any atom is 0.222 e. The highest BCUT2D eigenvalue weighted by atomic mass is 16.5. The lowest BCUT2D eigenvalue weighted by Crippen LogP contribution is -2.39. The van der Waals surface area contributed by atoms with Crippen LogP contribution >= 0.6 is 0 Å². The van der Waals surface area contributed by atoms with E-state index >= 15 is 0 Å². The largest absolute Gasteiger partial charge is 0.485 e. The molecule has 1 saturated carbocycles. The monoisotopic (exact) mass is 509 g/mol. The van der Waals surface area contributed by atoms with E-state index in [2.05, 4.69) is 68.5 Å². The highest BCUT2D eigenvalue weighted by Gasteiger charge is 2.28. The Labute approximate surface area is 223 Å². The van der Waals surface area contributed by atoms with Gasteiger partial charge in [0.05, 0.1) is 5.39 Å². The topological polar surface area (TPSA) is 95.1 Å². The van der Waals surface area contributed by atoms with Crippen molar-refractivity contribution in [2.24, 2.45) is 5.92 Å². The summed E-state index contributed by atoms with van der Waals surface area (Å²) in [7, 11) is 0. The Morgan fingerprint density at radius 3 is 2.61 bits per heavy atom. The molecule has 1 fully saturated rings. The van der Waals surface area contributed by atoms with Crippen LogP contribution in [0, 0.1) is 5.92 Å². The predicted molar refractivity (Wildman–Crippen MR) is 150 cm³/mol. The SMILES string of the molecule is CC(C)C(=O)N[C@H]1CC[C@@H](n2cc(-c3ccc4c(c3)OC(c3ccccc3)CC4)c3c(N)ncnc32)CC1. The summed E-state index contributed by atoms with van der Waals surface area (Å²) in [6.07, 6.45) is 9.60. The van der Waals surface area contributed by atoms with E-state index in [0.29, 0.717) is 11.9 Å². The van der Waals surface area contributed by atoms with Gasteiger partial charge in [-0.15, -0.1) is 0 Å². The predicted octanol–water partition coefficient (Wildman–Crippen LogP) is 6.00. The number of ether oxygens (including phenoxy) is 1. The van der Waals surface area contributed by atoms with Crippen molar-refractivity contribution < 1.29 is 9.53 Å². The molecule has 38 heavy (non-hydrogen) atoms. The van der Waals surface area contributed by atoms with E-state index in [0.717, 1.165) is 66.4 Å². The van der Waals surface area contributed by atoms with Crippen LogP contribution in [0.2, 0.25) is 0 Å². The number of carbonyl (C=O) groups excluding carboxylic acids is 1. The number of anilines is 1. The summed E-state index contributed by atoms with van der Waals surface area (Å²) in [5.41, 5.74) is 11.8. The first-order valence-corrected chi connectivity index (χ1v) is 13.7. The Hall–Kier alpha value is -3.87. The molecule has 0 bridgehead atoms. The number of nitrogens with one attached hydrogen (secondary N) is 1. The van der Waals surface area contributed by atoms with Gasteiger partial charge >= 0.3 is 0 Å². The fourth-order valence-corrected chi connectivity index (χ4v) is 5.91. The Morgan fingerprint density at radius 2 is 1.84 bits per heavy atom. The van der Waals surface area contributed by atoms with Gasteiger partial charge < -0.3 is 20.4 Å². The van der Waals surface area contributed by atoms with Crippen LogP contribution in [0.3, 0.4) is 0 Å². The average Bonchev–Trinajstić information content (AvgIpc) is 3.34. The number of amides is 1. The van der Waals surface area contributed by atoms with Crippen LogP contribution in [0.15, 0.2) is 61.1 Å². The van der Waals surface area contributed by atoms with Crippen molar-refractivity contribution in [1.29, 1.82) is 0 Å². The summed E-state index contributed by atoms with van der Waals surface area (Å²) in [6, 6.07) is 17.4. The molecule has 0 radical (unpaired) electrons. The molecule has 7 heteroatoms. The van der Waals surface area contributed by atoms with Gasteiger partial charge in [-0.3, -0.25) is 4.79 Å². The summed E-state index contributed by atoms with van der Waals surface area (Å²) in [5, 5.41) is 4.09. The van der Waals surface area contributed by atoms with E-state index < -0.39 is 0 Å². The molecule has 1 atom stereocenters. The average molecular weight is 510 g/mol. The van der Waals surface area contributed by atoms with Crippen LogP contribution in [0.25, 0.3) is 22.2 Å². The van der Waals surface area contributed by atoms with Gasteiger partial charge in [-0.1, -0.05) is 56.3 Å². The number of fused-ring (bicyclic) bond motifs is 2. The second-order valence-electron chi connectivity index (χ2n) is 11.0. The second kappa shape index (κ2) is 10.1. The second-order valence-corrected chi connectivity index (χ2v) is 11.0. The normalized spacial score (nSPS) is 21.2. The van der Waals surface area contributed by atoms with E-state index in [1.54, 1.807) is 6.33 Å². The van der Waals surface area contributed by atoms with Crippen molar-refractivity contribution >= 4 is 22.8 Å². The number of hydrogen-bond acceptors (Lipinski definition) is 5. The molecule has 1 unspecified atom stereocenters. The van der Waals surface area contributed by atoms with E-state index in [4.69, 9.17) is 10.5 Å². The maximum absolute atomic E-state index is 12.2. The van der Waals surface area contributed by atoms with E-state index in [9.17, 15) is 4.79 Å². The summed E-state index contributed by atoms with van der Waals surface area (Å²) in [6.45, 7) is 3.87. The number of nitrogen functional groups attached to an aromatic ring is 1. The van der Waals surface area contributed by atoms with Crippen LogP contribution in [-0.2, 0) is 11.2 Å². The summed E-state index contributed by atoms with van der Waals surface area (Å²) >= 11 is 0. The molecular weight excluding hydrogens is 474 g/mol. The van der Waals surface area contributed by atoms with Gasteiger partial charge in [-0.2, -0.15) is 0 Å². The Kier molecular flexibility index (Phi) is 6.52. The molecule has 2 aromatic heterocycles. The lowest BCUT2D eigenvalue weighted by Gasteiger charge is -2.30. The van der Waals surface area contributed by atoms with Crippen molar-refractivity contribution in [1.82, 2.24) is 19.9 Å². The fraction of sp³-hybridized carbons (Fsp3) is 0.387. The van der Waals surface area contributed by atoms with Gasteiger partial charge in [0.1, 0.15) is 29.6 Å². The molecule has 196 valence electrons. The standard InChI is InChI=1S/C31H35N5O2/c1-19(2)31(37)35-23-11-13-24(14-12-23)36-17-25(28-29(32)33-18-34-30(28)36)22-9-8-21-10-15-26(38-27(21)16-22)20-6-4-3-5-7-20/h3-9,16-19,23-24,26H,10-15H2,1-2H3,(H,35,37)(H2,32,33,34)/t23-,24+,26?. The van der Waals surface area contributed by atoms with Crippen LogP contribution in [0.4, 0.5) is 5.82 Å². The van der Waals surface area contributed by atoms with Gasteiger partial charge in [0, 0.05) is 29.8 Å². The molecule has 6 rings (SSSR count). The van der Waals surface area contributed by atoms with Crippen molar-refractivity contribution in [3.63, 3.8) is 0 Å². The molecule has 7 nitrogen and oxygen atoms in total. The zero-order valence-corrected chi connectivity index (χ0v) is 22.1. The molecule has 0 saturated heterocycles. The van der Waals surface area contributed by atoms with Crippen LogP contribution in [0.5, 0.6) is 5.75 Å². The quantitative estimate of drug-likeness (QED) is 0.344. The third kappa shape index (κ3) is 4.62. The Bertz CT molecular complexity index is 1450. The van der Waals surface area contributed by atoms with Crippen molar-refractivity contribution in [3.05, 3.63) is 72.2 Å². The first-order chi connectivity index (χ1) is 18.5. The third-order valence-electron chi connectivity index (χ3n) is 8.09. The Balaban J connectivity index is 1.30. The van der Waals surface area contributed by atoms with Gasteiger partial charge in [-0.25, -0.2) is 9.97 Å². The minimum Gasteiger partial charge on any atom is -0.485 e. The summed E-state index contributed by atoms with van der Waals surface area (Å²) < 4.78 is 8.78. The molecule has 1 amide bonds. The number of benzene rings is 2. The molecule has 4 aromatic rings. The number of aromatic nitrogens is 3. The smallest absolute Gasteiger partial charge is 0.222 e. The number of hydrogen-bond donors (Lipinski definition) is 2. The van der Waals surface area contributed by atoms with Gasteiger partial charge in [0.25, 0.3) is 0 Å². The zero-order chi connectivity index (χ0) is 26.2. The number of nitrogens with zero attached hydrogens (tertiary/aromatic N) is 3. The fourth-order valence-electron chi connectivity index (χ4n) is 5.91. The van der Waals surface area contributed by atoms with E-state index in [-0.39, 0.29) is 24.0 Å². The van der Waals surface area contributed by atoms with Gasteiger partial charge in [-0.05, 0) is 61.3 Å². The highest BCUT2D eigenvalue weighted by molar-refractivity contribution is 6.00. The molecule has 1 aliphatic carbocycles. The molecule has 0 spiro atoms. The summed E-state index contributed by atoms with van der Waals surface area (Å²) in [4.78, 5) is 21.2. The molecule has 3 N–H and O–H groups in total. The van der Waals surface area contributed by atoms with Crippen molar-refractivity contribution in [3.8, 4) is 16.9 Å². The van der Waals surface area contributed by atoms with Gasteiger partial charge in [0.15, 0.2) is 0 Å². The Morgan fingerprint density at radius 1 is 1.05 bits per heavy atom. The van der Waals surface area contributed by atoms with Crippen LogP contribution in [0.1, 0.15) is 69.2 Å². The molecule has 2 aromatic carbocycles. The minimum absolute atomic E-state index is 0.00641. The lowest BCUT2D eigenvalue weighted by atomic mass is 9.90. The van der Waals surface area contributed by atoms with Gasteiger partial charge in [0.2, 0.25) is 5.91 Å². The lowest BCUT2D eigenvalue weighted by molar-refractivity contribution is -0.124.